The molecule has 0 radical (unpaired) electrons. The van der Waals surface area contributed by atoms with E-state index in [2.05, 4.69) is 14.6 Å². The standard InChI is InChI=1S/C12H20N4O4S/c1-8(2)7-14-21(18,19)16-10-5-4-9(12(13)15-17)6-11(10)20-3/h4-6,8,14,16-17H,7H2,1-3H3,(H2,13,15). The molecule has 0 aliphatic rings. The molecule has 0 heterocycles. The Labute approximate surface area is 124 Å². The van der Waals surface area contributed by atoms with Gasteiger partial charge >= 0.3 is 0 Å². The molecule has 5 N–H and O–H groups in total. The summed E-state index contributed by atoms with van der Waals surface area (Å²) in [4.78, 5) is 0. The molecule has 118 valence electrons. The third-order valence-corrected chi connectivity index (χ3v) is 3.57. The van der Waals surface area contributed by atoms with E-state index >= 15 is 0 Å². The highest BCUT2D eigenvalue weighted by Gasteiger charge is 2.14. The van der Waals surface area contributed by atoms with Crippen molar-refractivity contribution in [1.29, 1.82) is 0 Å². The van der Waals surface area contributed by atoms with E-state index in [1.54, 1.807) is 0 Å². The molecule has 0 atom stereocenters. The fraction of sp³-hybridized carbons (Fsp3) is 0.417. The Morgan fingerprint density at radius 3 is 2.67 bits per heavy atom. The van der Waals surface area contributed by atoms with Crippen LogP contribution in [0.5, 0.6) is 5.75 Å². The molecule has 0 aromatic heterocycles. The van der Waals surface area contributed by atoms with E-state index < -0.39 is 10.2 Å². The summed E-state index contributed by atoms with van der Waals surface area (Å²) in [5.41, 5.74) is 6.13. The van der Waals surface area contributed by atoms with Gasteiger partial charge in [-0.15, -0.1) is 0 Å². The molecule has 0 fully saturated rings. The first-order chi connectivity index (χ1) is 9.79. The van der Waals surface area contributed by atoms with Crippen LogP contribution in [0.15, 0.2) is 23.4 Å². The molecule has 0 saturated heterocycles. The number of oxime groups is 1. The lowest BCUT2D eigenvalue weighted by molar-refractivity contribution is 0.318. The molecule has 0 bridgehead atoms. The number of anilines is 1. The normalized spacial score (nSPS) is 12.5. The van der Waals surface area contributed by atoms with Gasteiger partial charge in [0.05, 0.1) is 12.8 Å². The minimum absolute atomic E-state index is 0.0966. The zero-order valence-corrected chi connectivity index (χ0v) is 12.9. The Morgan fingerprint density at radius 1 is 1.48 bits per heavy atom. The fourth-order valence-corrected chi connectivity index (χ4v) is 2.53. The highest BCUT2D eigenvalue weighted by molar-refractivity contribution is 7.90. The highest BCUT2D eigenvalue weighted by atomic mass is 32.2. The van der Waals surface area contributed by atoms with Gasteiger partial charge in [0.1, 0.15) is 5.75 Å². The van der Waals surface area contributed by atoms with Crippen molar-refractivity contribution < 1.29 is 18.4 Å². The maximum atomic E-state index is 11.9. The Balaban J connectivity index is 2.98. The zero-order chi connectivity index (χ0) is 16.0. The van der Waals surface area contributed by atoms with Gasteiger partial charge in [0.25, 0.3) is 10.2 Å². The summed E-state index contributed by atoms with van der Waals surface area (Å²) in [5, 5.41) is 11.5. The summed E-state index contributed by atoms with van der Waals surface area (Å²) in [6, 6.07) is 4.45. The Kier molecular flexibility index (Phi) is 5.79. The third-order valence-electron chi connectivity index (χ3n) is 2.53. The molecule has 8 nitrogen and oxygen atoms in total. The van der Waals surface area contributed by atoms with E-state index in [0.717, 1.165) is 0 Å². The molecule has 1 rings (SSSR count). The van der Waals surface area contributed by atoms with Gasteiger partial charge in [0.15, 0.2) is 5.84 Å². The molecule has 0 aliphatic carbocycles. The summed E-state index contributed by atoms with van der Waals surface area (Å²) in [7, 11) is -2.30. The van der Waals surface area contributed by atoms with Crippen LogP contribution >= 0.6 is 0 Å². The third kappa shape index (κ3) is 5.12. The number of nitrogens with one attached hydrogen (secondary N) is 2. The van der Waals surface area contributed by atoms with E-state index in [9.17, 15) is 8.42 Å². The predicted octanol–water partition coefficient (Wildman–Crippen LogP) is 0.692. The van der Waals surface area contributed by atoms with Crippen molar-refractivity contribution in [3.63, 3.8) is 0 Å². The van der Waals surface area contributed by atoms with Crippen molar-refractivity contribution in [1.82, 2.24) is 4.72 Å². The van der Waals surface area contributed by atoms with E-state index in [1.807, 2.05) is 13.8 Å². The van der Waals surface area contributed by atoms with E-state index in [4.69, 9.17) is 15.7 Å². The molecule has 1 aromatic carbocycles. The maximum absolute atomic E-state index is 11.9. The number of benzene rings is 1. The lowest BCUT2D eigenvalue weighted by Gasteiger charge is -2.14. The number of nitrogens with two attached hydrogens (primary N) is 1. The number of nitrogens with zero attached hydrogens (tertiary/aromatic N) is 1. The van der Waals surface area contributed by atoms with E-state index in [-0.39, 0.29) is 23.2 Å². The summed E-state index contributed by atoms with van der Waals surface area (Å²) >= 11 is 0. The summed E-state index contributed by atoms with van der Waals surface area (Å²) in [6.07, 6.45) is 0. The van der Waals surface area contributed by atoms with Crippen LogP contribution in [-0.2, 0) is 10.2 Å². The number of ether oxygens (including phenoxy) is 1. The Bertz CT molecular complexity index is 614. The van der Waals surface area contributed by atoms with Gasteiger partial charge in [-0.05, 0) is 24.1 Å². The summed E-state index contributed by atoms with van der Waals surface area (Å²) in [6.45, 7) is 4.11. The van der Waals surface area contributed by atoms with Gasteiger partial charge in [-0.1, -0.05) is 19.0 Å². The van der Waals surface area contributed by atoms with Crippen molar-refractivity contribution in [2.45, 2.75) is 13.8 Å². The van der Waals surface area contributed by atoms with E-state index in [1.165, 1.54) is 25.3 Å². The zero-order valence-electron chi connectivity index (χ0n) is 12.1. The van der Waals surface area contributed by atoms with Gasteiger partial charge in [-0.3, -0.25) is 4.72 Å². The van der Waals surface area contributed by atoms with Gasteiger partial charge < -0.3 is 15.7 Å². The molecular weight excluding hydrogens is 296 g/mol. The number of hydrogen-bond donors (Lipinski definition) is 4. The molecule has 0 saturated carbocycles. The first kappa shape index (κ1) is 17.1. The Morgan fingerprint density at radius 2 is 2.14 bits per heavy atom. The van der Waals surface area contributed by atoms with E-state index in [0.29, 0.717) is 12.1 Å². The monoisotopic (exact) mass is 316 g/mol. The lowest BCUT2D eigenvalue weighted by atomic mass is 10.2. The van der Waals surface area contributed by atoms with Gasteiger partial charge in [-0.25, -0.2) is 0 Å². The molecular formula is C12H20N4O4S. The van der Waals surface area contributed by atoms with Gasteiger partial charge in [0.2, 0.25) is 0 Å². The topological polar surface area (TPSA) is 126 Å². The smallest absolute Gasteiger partial charge is 0.299 e. The molecule has 0 amide bonds. The Hall–Kier alpha value is -2.00. The average Bonchev–Trinajstić information content (AvgIpc) is 2.44. The fourth-order valence-electron chi connectivity index (χ4n) is 1.45. The first-order valence-corrected chi connectivity index (χ1v) is 7.70. The minimum Gasteiger partial charge on any atom is -0.495 e. The van der Waals surface area contributed by atoms with Crippen molar-refractivity contribution in [2.75, 3.05) is 18.4 Å². The van der Waals surface area contributed by atoms with Gasteiger partial charge in [0, 0.05) is 12.1 Å². The summed E-state index contributed by atoms with van der Waals surface area (Å²) in [5.74, 6) is 0.348. The number of methoxy groups -OCH3 is 1. The van der Waals surface area contributed by atoms with Crippen LogP contribution < -0.4 is 19.9 Å². The second-order valence-electron chi connectivity index (χ2n) is 4.75. The van der Waals surface area contributed by atoms with Crippen LogP contribution in [0.3, 0.4) is 0 Å². The minimum atomic E-state index is -3.69. The van der Waals surface area contributed by atoms with Crippen molar-refractivity contribution in [3.8, 4) is 5.75 Å². The van der Waals surface area contributed by atoms with Crippen LogP contribution in [0.4, 0.5) is 5.69 Å². The first-order valence-electron chi connectivity index (χ1n) is 6.22. The molecule has 1 aromatic rings. The van der Waals surface area contributed by atoms with Crippen LogP contribution in [0.1, 0.15) is 19.4 Å². The predicted molar refractivity (Wildman–Crippen MR) is 80.9 cm³/mol. The van der Waals surface area contributed by atoms with Crippen LogP contribution in [-0.4, -0.2) is 33.1 Å². The second kappa shape index (κ2) is 7.14. The quantitative estimate of drug-likeness (QED) is 0.255. The summed E-state index contributed by atoms with van der Waals surface area (Å²) < 4.78 is 33.7. The number of amidine groups is 1. The second-order valence-corrected chi connectivity index (χ2v) is 6.25. The molecule has 9 heteroatoms. The number of rotatable bonds is 7. The van der Waals surface area contributed by atoms with Gasteiger partial charge in [-0.2, -0.15) is 13.1 Å². The molecule has 0 unspecified atom stereocenters. The van der Waals surface area contributed by atoms with Crippen molar-refractivity contribution in [3.05, 3.63) is 23.8 Å². The number of hydrogen-bond acceptors (Lipinski definition) is 5. The largest absolute Gasteiger partial charge is 0.495 e. The van der Waals surface area contributed by atoms with Crippen LogP contribution in [0.2, 0.25) is 0 Å². The maximum Gasteiger partial charge on any atom is 0.299 e. The van der Waals surface area contributed by atoms with Crippen molar-refractivity contribution in [2.24, 2.45) is 16.8 Å². The SMILES string of the molecule is COc1cc(/C(N)=N/O)ccc1NS(=O)(=O)NCC(C)C. The lowest BCUT2D eigenvalue weighted by Crippen LogP contribution is -2.33. The highest BCUT2D eigenvalue weighted by Crippen LogP contribution is 2.26. The van der Waals surface area contributed by atoms with Crippen LogP contribution in [0.25, 0.3) is 0 Å². The van der Waals surface area contributed by atoms with Crippen LogP contribution in [0, 0.1) is 5.92 Å². The molecule has 0 aliphatic heterocycles. The van der Waals surface area contributed by atoms with Crippen molar-refractivity contribution >= 4 is 21.7 Å². The molecule has 0 spiro atoms. The molecule has 21 heavy (non-hydrogen) atoms. The average molecular weight is 316 g/mol.